The minimum Gasteiger partial charge on any atom is -0.481 e. The van der Waals surface area contributed by atoms with Crippen LogP contribution in [0.2, 0.25) is 0 Å². The number of carbonyl (C=O) groups is 3. The monoisotopic (exact) mass is 275 g/mol. The lowest BCUT2D eigenvalue weighted by molar-refractivity contribution is -0.147. The molecule has 0 heterocycles. The molecule has 1 atom stereocenters. The molecule has 110 valence electrons. The average Bonchev–Trinajstić information content (AvgIpc) is 2.20. The molecule has 0 aromatic rings. The van der Waals surface area contributed by atoms with Crippen molar-refractivity contribution in [2.24, 2.45) is 0 Å². The van der Waals surface area contributed by atoms with Crippen molar-refractivity contribution in [3.8, 4) is 0 Å². The number of esters is 1. The van der Waals surface area contributed by atoms with Crippen LogP contribution in [-0.2, 0) is 19.1 Å². The molecule has 0 rings (SSSR count). The Labute approximate surface area is 112 Å². The van der Waals surface area contributed by atoms with Gasteiger partial charge in [0.2, 0.25) is 0 Å². The van der Waals surface area contributed by atoms with E-state index in [0.717, 1.165) is 0 Å². The van der Waals surface area contributed by atoms with Gasteiger partial charge in [-0.15, -0.1) is 0 Å². The molecular weight excluding hydrogens is 254 g/mol. The number of hydrogen-bond donors (Lipinski definition) is 2. The quantitative estimate of drug-likeness (QED) is 0.559. The Morgan fingerprint density at radius 3 is 2.32 bits per heavy atom. The van der Waals surface area contributed by atoms with E-state index in [9.17, 15) is 14.4 Å². The Morgan fingerprint density at radius 2 is 1.84 bits per heavy atom. The van der Waals surface area contributed by atoms with Crippen LogP contribution in [0.1, 0.15) is 40.5 Å². The lowest BCUT2D eigenvalue weighted by atomic mass is 10.2. The maximum atomic E-state index is 11.4. The predicted octanol–water partition coefficient (Wildman–Crippen LogP) is 1.31. The normalized spacial score (nSPS) is 12.4. The van der Waals surface area contributed by atoms with Gasteiger partial charge in [-0.3, -0.25) is 4.79 Å². The SMILES string of the molecule is C[C@H](NC(=O)OC(C)(C)C)C(=O)OCCCC(=O)O. The molecule has 0 unspecified atom stereocenters. The van der Waals surface area contributed by atoms with E-state index in [1.807, 2.05) is 0 Å². The summed E-state index contributed by atoms with van der Waals surface area (Å²) in [6, 6.07) is -0.848. The Balaban J connectivity index is 3.93. The number of nitrogens with one attached hydrogen (secondary N) is 1. The fourth-order valence-corrected chi connectivity index (χ4v) is 1.06. The maximum Gasteiger partial charge on any atom is 0.408 e. The van der Waals surface area contributed by atoms with Crippen LogP contribution in [0.3, 0.4) is 0 Å². The van der Waals surface area contributed by atoms with Crippen LogP contribution in [0, 0.1) is 0 Å². The lowest BCUT2D eigenvalue weighted by Gasteiger charge is -2.21. The molecule has 0 spiro atoms. The van der Waals surface area contributed by atoms with Gasteiger partial charge in [0.1, 0.15) is 11.6 Å². The largest absolute Gasteiger partial charge is 0.481 e. The van der Waals surface area contributed by atoms with Crippen LogP contribution in [0.4, 0.5) is 4.79 Å². The number of aliphatic carboxylic acids is 1. The zero-order valence-corrected chi connectivity index (χ0v) is 11.7. The van der Waals surface area contributed by atoms with Crippen LogP contribution in [0.15, 0.2) is 0 Å². The second-order valence-electron chi connectivity index (χ2n) is 5.03. The van der Waals surface area contributed by atoms with E-state index in [1.165, 1.54) is 6.92 Å². The summed E-state index contributed by atoms with van der Waals surface area (Å²) in [5, 5.41) is 10.7. The Morgan fingerprint density at radius 1 is 1.26 bits per heavy atom. The highest BCUT2D eigenvalue weighted by Gasteiger charge is 2.21. The van der Waals surface area contributed by atoms with Gasteiger partial charge in [-0.05, 0) is 34.1 Å². The second-order valence-corrected chi connectivity index (χ2v) is 5.03. The van der Waals surface area contributed by atoms with Crippen molar-refractivity contribution in [3.05, 3.63) is 0 Å². The van der Waals surface area contributed by atoms with Crippen LogP contribution in [-0.4, -0.2) is 41.4 Å². The third-order valence-electron chi connectivity index (χ3n) is 1.87. The van der Waals surface area contributed by atoms with E-state index in [4.69, 9.17) is 14.6 Å². The van der Waals surface area contributed by atoms with Crippen molar-refractivity contribution in [1.29, 1.82) is 0 Å². The number of rotatable bonds is 6. The Bertz CT molecular complexity index is 334. The van der Waals surface area contributed by atoms with Crippen molar-refractivity contribution in [1.82, 2.24) is 5.32 Å². The fraction of sp³-hybridized carbons (Fsp3) is 0.750. The molecule has 7 heteroatoms. The molecule has 0 aliphatic heterocycles. The molecule has 7 nitrogen and oxygen atoms in total. The van der Waals surface area contributed by atoms with Crippen LogP contribution >= 0.6 is 0 Å². The summed E-state index contributed by atoms with van der Waals surface area (Å²) in [7, 11) is 0. The summed E-state index contributed by atoms with van der Waals surface area (Å²) < 4.78 is 9.79. The number of amides is 1. The first-order chi connectivity index (χ1) is 8.61. The molecule has 1 amide bonds. The van der Waals surface area contributed by atoms with E-state index < -0.39 is 29.7 Å². The van der Waals surface area contributed by atoms with Crippen LogP contribution < -0.4 is 5.32 Å². The molecule has 19 heavy (non-hydrogen) atoms. The summed E-state index contributed by atoms with van der Waals surface area (Å²) in [5.74, 6) is -1.58. The first-order valence-electron chi connectivity index (χ1n) is 6.00. The third-order valence-corrected chi connectivity index (χ3v) is 1.87. The van der Waals surface area contributed by atoms with Crippen molar-refractivity contribution in [2.45, 2.75) is 52.2 Å². The number of carbonyl (C=O) groups excluding carboxylic acids is 2. The van der Waals surface area contributed by atoms with Gasteiger partial charge in [0, 0.05) is 6.42 Å². The van der Waals surface area contributed by atoms with E-state index in [2.05, 4.69) is 5.32 Å². The number of ether oxygens (including phenoxy) is 2. The Hall–Kier alpha value is -1.79. The summed E-state index contributed by atoms with van der Waals surface area (Å²) in [5.41, 5.74) is -0.644. The van der Waals surface area contributed by atoms with Gasteiger partial charge in [-0.1, -0.05) is 0 Å². The van der Waals surface area contributed by atoms with Crippen molar-refractivity contribution in [3.63, 3.8) is 0 Å². The average molecular weight is 275 g/mol. The molecule has 0 fully saturated rings. The van der Waals surface area contributed by atoms with Gasteiger partial charge in [0.05, 0.1) is 6.61 Å². The number of carboxylic acid groups (broad SMARTS) is 1. The first-order valence-corrected chi connectivity index (χ1v) is 6.00. The molecule has 0 aromatic heterocycles. The minimum atomic E-state index is -0.948. The van der Waals surface area contributed by atoms with Gasteiger partial charge in [-0.2, -0.15) is 0 Å². The van der Waals surface area contributed by atoms with E-state index in [1.54, 1.807) is 20.8 Å². The fourth-order valence-electron chi connectivity index (χ4n) is 1.06. The topological polar surface area (TPSA) is 102 Å². The van der Waals surface area contributed by atoms with Gasteiger partial charge >= 0.3 is 18.0 Å². The summed E-state index contributed by atoms with van der Waals surface area (Å²) in [6.07, 6.45) is -0.538. The zero-order chi connectivity index (χ0) is 15.1. The van der Waals surface area contributed by atoms with Gasteiger partial charge in [0.15, 0.2) is 0 Å². The summed E-state index contributed by atoms with van der Waals surface area (Å²) in [4.78, 5) is 33.1. The van der Waals surface area contributed by atoms with E-state index >= 15 is 0 Å². The second kappa shape index (κ2) is 7.60. The van der Waals surface area contributed by atoms with E-state index in [0.29, 0.717) is 0 Å². The number of hydrogen-bond acceptors (Lipinski definition) is 5. The van der Waals surface area contributed by atoms with Crippen LogP contribution in [0.25, 0.3) is 0 Å². The van der Waals surface area contributed by atoms with Gasteiger partial charge < -0.3 is 19.9 Å². The van der Waals surface area contributed by atoms with Crippen LogP contribution in [0.5, 0.6) is 0 Å². The molecule has 0 aliphatic rings. The highest BCUT2D eigenvalue weighted by molar-refractivity contribution is 5.81. The molecule has 0 saturated heterocycles. The van der Waals surface area contributed by atoms with Gasteiger partial charge in [0.25, 0.3) is 0 Å². The third kappa shape index (κ3) is 9.87. The summed E-state index contributed by atoms with van der Waals surface area (Å²) >= 11 is 0. The molecule has 2 N–H and O–H groups in total. The molecule has 0 saturated carbocycles. The highest BCUT2D eigenvalue weighted by atomic mass is 16.6. The first kappa shape index (κ1) is 17.2. The molecular formula is C12H21NO6. The predicted molar refractivity (Wildman–Crippen MR) is 66.7 cm³/mol. The van der Waals surface area contributed by atoms with Crippen molar-refractivity contribution < 1.29 is 29.0 Å². The molecule has 0 aliphatic carbocycles. The van der Waals surface area contributed by atoms with E-state index in [-0.39, 0.29) is 19.4 Å². The van der Waals surface area contributed by atoms with Crippen molar-refractivity contribution >= 4 is 18.0 Å². The summed E-state index contributed by atoms with van der Waals surface area (Å²) in [6.45, 7) is 6.60. The smallest absolute Gasteiger partial charge is 0.408 e. The molecule has 0 aromatic carbocycles. The number of carboxylic acids is 1. The van der Waals surface area contributed by atoms with Gasteiger partial charge in [-0.25, -0.2) is 9.59 Å². The molecule has 0 radical (unpaired) electrons. The molecule has 0 bridgehead atoms. The maximum absolute atomic E-state index is 11.4. The highest BCUT2D eigenvalue weighted by Crippen LogP contribution is 2.06. The Kier molecular flexibility index (Phi) is 6.89. The standard InChI is InChI=1S/C12H21NO6/c1-8(13-11(17)19-12(2,3)4)10(16)18-7-5-6-9(14)15/h8H,5-7H2,1-4H3,(H,13,17)(H,14,15)/t8-/m0/s1. The minimum absolute atomic E-state index is 0.00543. The lowest BCUT2D eigenvalue weighted by Crippen LogP contribution is -2.42. The number of alkyl carbamates (subject to hydrolysis) is 1. The zero-order valence-electron chi connectivity index (χ0n) is 11.7. The van der Waals surface area contributed by atoms with Crippen molar-refractivity contribution in [2.75, 3.05) is 6.61 Å².